The standard InChI is InChI=1S/C13H19BN2O3/c1-9-6-10(7-15)16-8-11(9)14(18)19-13(4,5)12(2,3)17/h6,8,17-18H,1-5H3. The maximum Gasteiger partial charge on any atom is 0.493 e. The first-order valence-electron chi connectivity index (χ1n) is 6.03. The first-order chi connectivity index (χ1) is 8.58. The molecule has 0 aliphatic carbocycles. The van der Waals surface area contributed by atoms with E-state index >= 15 is 0 Å². The molecule has 0 aromatic carbocycles. The van der Waals surface area contributed by atoms with E-state index in [0.717, 1.165) is 0 Å². The third-order valence-corrected chi connectivity index (χ3v) is 3.41. The number of hydrogen-bond acceptors (Lipinski definition) is 5. The zero-order valence-electron chi connectivity index (χ0n) is 11.9. The van der Waals surface area contributed by atoms with E-state index in [9.17, 15) is 10.1 Å². The van der Waals surface area contributed by atoms with Gasteiger partial charge in [-0.2, -0.15) is 5.26 Å². The topological polar surface area (TPSA) is 86.4 Å². The summed E-state index contributed by atoms with van der Waals surface area (Å²) in [7, 11) is -1.21. The predicted molar refractivity (Wildman–Crippen MR) is 72.8 cm³/mol. The number of aliphatic hydroxyl groups is 1. The van der Waals surface area contributed by atoms with Gasteiger partial charge in [-0.25, -0.2) is 4.98 Å². The summed E-state index contributed by atoms with van der Waals surface area (Å²) in [5, 5.41) is 28.9. The fourth-order valence-corrected chi connectivity index (χ4v) is 1.37. The molecule has 0 aliphatic rings. The number of pyridine rings is 1. The largest absolute Gasteiger partial charge is 0.493 e. The van der Waals surface area contributed by atoms with Crippen molar-refractivity contribution in [3.63, 3.8) is 0 Å². The van der Waals surface area contributed by atoms with Gasteiger partial charge in [0.25, 0.3) is 0 Å². The second-order valence-electron chi connectivity index (χ2n) is 5.58. The zero-order chi connectivity index (χ0) is 14.8. The molecule has 6 heteroatoms. The predicted octanol–water partition coefficient (Wildman–Crippen LogP) is 0.515. The van der Waals surface area contributed by atoms with Gasteiger partial charge >= 0.3 is 7.12 Å². The van der Waals surface area contributed by atoms with Crippen LogP contribution in [-0.2, 0) is 4.65 Å². The van der Waals surface area contributed by atoms with Gasteiger partial charge in [-0.1, -0.05) is 0 Å². The van der Waals surface area contributed by atoms with Gasteiger partial charge in [-0.05, 0) is 46.2 Å². The van der Waals surface area contributed by atoms with Crippen molar-refractivity contribution in [2.75, 3.05) is 0 Å². The van der Waals surface area contributed by atoms with Crippen LogP contribution in [0, 0.1) is 18.3 Å². The molecule has 1 aromatic rings. The molecule has 2 N–H and O–H groups in total. The maximum absolute atomic E-state index is 10.1. The second kappa shape index (κ2) is 5.29. The summed E-state index contributed by atoms with van der Waals surface area (Å²) in [6, 6.07) is 3.52. The summed E-state index contributed by atoms with van der Waals surface area (Å²) < 4.78 is 5.53. The van der Waals surface area contributed by atoms with Crippen LogP contribution in [0.15, 0.2) is 12.3 Å². The molecule has 0 bridgehead atoms. The Kier molecular flexibility index (Phi) is 4.36. The first-order valence-corrected chi connectivity index (χ1v) is 6.03. The number of nitrogens with zero attached hydrogens (tertiary/aromatic N) is 2. The van der Waals surface area contributed by atoms with Crippen molar-refractivity contribution < 1.29 is 14.8 Å². The lowest BCUT2D eigenvalue weighted by atomic mass is 9.75. The summed E-state index contributed by atoms with van der Waals surface area (Å²) in [5.41, 5.74) is -0.564. The van der Waals surface area contributed by atoms with Crippen molar-refractivity contribution in [2.45, 2.75) is 45.8 Å². The number of aromatic nitrogens is 1. The minimum absolute atomic E-state index is 0.287. The summed E-state index contributed by atoms with van der Waals surface area (Å²) in [6.45, 7) is 8.39. The summed E-state index contributed by atoms with van der Waals surface area (Å²) in [6.07, 6.45) is 1.42. The molecule has 0 aliphatic heterocycles. The number of rotatable bonds is 4. The van der Waals surface area contributed by atoms with Crippen molar-refractivity contribution in [3.05, 3.63) is 23.5 Å². The molecule has 0 spiro atoms. The minimum atomic E-state index is -1.21. The lowest BCUT2D eigenvalue weighted by Crippen LogP contribution is -2.53. The third-order valence-electron chi connectivity index (χ3n) is 3.41. The van der Waals surface area contributed by atoms with E-state index in [2.05, 4.69) is 4.98 Å². The van der Waals surface area contributed by atoms with Crippen LogP contribution in [0.1, 0.15) is 39.0 Å². The van der Waals surface area contributed by atoms with Crippen LogP contribution in [0.2, 0.25) is 0 Å². The van der Waals surface area contributed by atoms with Crippen molar-refractivity contribution in [1.82, 2.24) is 4.98 Å². The van der Waals surface area contributed by atoms with Gasteiger partial charge in [0.2, 0.25) is 0 Å². The van der Waals surface area contributed by atoms with Crippen molar-refractivity contribution in [3.8, 4) is 6.07 Å². The highest BCUT2D eigenvalue weighted by molar-refractivity contribution is 6.60. The average Bonchev–Trinajstić information content (AvgIpc) is 2.26. The van der Waals surface area contributed by atoms with Crippen molar-refractivity contribution >= 4 is 12.6 Å². The molecule has 5 nitrogen and oxygen atoms in total. The van der Waals surface area contributed by atoms with Crippen LogP contribution >= 0.6 is 0 Å². The molecule has 102 valence electrons. The molecule has 1 heterocycles. The van der Waals surface area contributed by atoms with Crippen LogP contribution in [0.5, 0.6) is 0 Å². The SMILES string of the molecule is Cc1cc(C#N)ncc1B(O)OC(C)(C)C(C)(C)O. The highest BCUT2D eigenvalue weighted by Crippen LogP contribution is 2.25. The van der Waals surface area contributed by atoms with Crippen LogP contribution in [0.25, 0.3) is 0 Å². The molecule has 0 atom stereocenters. The van der Waals surface area contributed by atoms with E-state index < -0.39 is 18.3 Å². The fourth-order valence-electron chi connectivity index (χ4n) is 1.37. The highest BCUT2D eigenvalue weighted by Gasteiger charge is 2.39. The number of nitriles is 1. The number of hydrogen-bond donors (Lipinski definition) is 2. The minimum Gasteiger partial charge on any atom is -0.423 e. The Bertz CT molecular complexity index is 504. The summed E-state index contributed by atoms with van der Waals surface area (Å²) in [4.78, 5) is 3.91. The van der Waals surface area contributed by atoms with Gasteiger partial charge in [0, 0.05) is 11.7 Å². The molecule has 19 heavy (non-hydrogen) atoms. The van der Waals surface area contributed by atoms with Crippen molar-refractivity contribution in [2.24, 2.45) is 0 Å². The second-order valence-corrected chi connectivity index (χ2v) is 5.58. The van der Waals surface area contributed by atoms with E-state index in [1.807, 2.05) is 6.07 Å². The van der Waals surface area contributed by atoms with Crippen LogP contribution in [0.4, 0.5) is 0 Å². The lowest BCUT2D eigenvalue weighted by Gasteiger charge is -2.38. The Balaban J connectivity index is 2.97. The van der Waals surface area contributed by atoms with Gasteiger partial charge in [0.15, 0.2) is 0 Å². The highest BCUT2D eigenvalue weighted by atomic mass is 16.5. The molecular formula is C13H19BN2O3. The van der Waals surface area contributed by atoms with E-state index in [1.54, 1.807) is 40.7 Å². The molecule has 0 saturated heterocycles. The van der Waals surface area contributed by atoms with Crippen LogP contribution in [0.3, 0.4) is 0 Å². The van der Waals surface area contributed by atoms with Gasteiger partial charge in [-0.15, -0.1) is 0 Å². The molecule has 0 fully saturated rings. The molecule has 0 unspecified atom stereocenters. The Labute approximate surface area is 114 Å². The van der Waals surface area contributed by atoms with Gasteiger partial charge in [0.1, 0.15) is 11.8 Å². The zero-order valence-corrected chi connectivity index (χ0v) is 11.9. The molecule has 0 radical (unpaired) electrons. The lowest BCUT2D eigenvalue weighted by molar-refractivity contribution is -0.0982. The molecule has 0 saturated carbocycles. The van der Waals surface area contributed by atoms with E-state index in [-0.39, 0.29) is 5.69 Å². The van der Waals surface area contributed by atoms with Gasteiger partial charge in [-0.3, -0.25) is 0 Å². The smallest absolute Gasteiger partial charge is 0.423 e. The molecule has 1 rings (SSSR count). The molecule has 1 aromatic heterocycles. The van der Waals surface area contributed by atoms with Crippen LogP contribution < -0.4 is 5.46 Å². The van der Waals surface area contributed by atoms with E-state index in [0.29, 0.717) is 11.0 Å². The number of aryl methyl sites for hydroxylation is 1. The normalized spacial score (nSPS) is 12.1. The Morgan fingerprint density at radius 2 is 1.95 bits per heavy atom. The van der Waals surface area contributed by atoms with Crippen LogP contribution in [-0.4, -0.2) is 33.4 Å². The first kappa shape index (κ1) is 15.6. The molecular weight excluding hydrogens is 243 g/mol. The molecule has 0 amide bonds. The summed E-state index contributed by atoms with van der Waals surface area (Å²) in [5.74, 6) is 0. The maximum atomic E-state index is 10.1. The average molecular weight is 262 g/mol. The third kappa shape index (κ3) is 3.54. The Morgan fingerprint density at radius 1 is 1.37 bits per heavy atom. The Hall–Kier alpha value is -1.42. The van der Waals surface area contributed by atoms with E-state index in [4.69, 9.17) is 9.92 Å². The van der Waals surface area contributed by atoms with Crippen molar-refractivity contribution in [1.29, 1.82) is 5.26 Å². The van der Waals surface area contributed by atoms with Gasteiger partial charge < -0.3 is 14.8 Å². The van der Waals surface area contributed by atoms with Gasteiger partial charge in [0.05, 0.1) is 11.2 Å². The summed E-state index contributed by atoms with van der Waals surface area (Å²) >= 11 is 0. The quantitative estimate of drug-likeness (QED) is 0.772. The van der Waals surface area contributed by atoms with E-state index in [1.165, 1.54) is 6.20 Å². The Morgan fingerprint density at radius 3 is 2.37 bits per heavy atom. The monoisotopic (exact) mass is 262 g/mol. The fraction of sp³-hybridized carbons (Fsp3) is 0.538.